The van der Waals surface area contributed by atoms with Crippen molar-refractivity contribution in [1.82, 2.24) is 4.72 Å². The molecule has 1 fully saturated rings. The number of benzene rings is 1. The smallest absolute Gasteiger partial charge is 0.323 e. The monoisotopic (exact) mass is 295 g/mol. The van der Waals surface area contributed by atoms with E-state index in [1.807, 2.05) is 31.2 Å². The lowest BCUT2D eigenvalue weighted by Crippen LogP contribution is -2.25. The summed E-state index contributed by atoms with van der Waals surface area (Å²) in [6.07, 6.45) is 2.66. The van der Waals surface area contributed by atoms with Gasteiger partial charge in [-0.05, 0) is 37.0 Å². The first-order valence-electron chi connectivity index (χ1n) is 6.91. The van der Waals surface area contributed by atoms with Crippen LogP contribution < -0.4 is 9.46 Å². The van der Waals surface area contributed by atoms with E-state index in [4.69, 9.17) is 9.47 Å². The maximum absolute atomic E-state index is 11.9. The third kappa shape index (κ3) is 3.90. The fraction of sp³-hybridized carbons (Fsp3) is 0.533. The Morgan fingerprint density at radius 3 is 2.60 bits per heavy atom. The molecule has 1 aromatic carbocycles. The predicted molar refractivity (Wildman–Crippen MR) is 80.6 cm³/mol. The zero-order valence-corrected chi connectivity index (χ0v) is 12.8. The van der Waals surface area contributed by atoms with E-state index >= 15 is 0 Å². The molecule has 0 saturated heterocycles. The largest absolute Gasteiger partial charge is 0.497 e. The molecule has 5 heteroatoms. The minimum atomic E-state index is -0.346. The summed E-state index contributed by atoms with van der Waals surface area (Å²) in [5.74, 6) is 0.773. The highest BCUT2D eigenvalue weighted by Crippen LogP contribution is 2.48. The van der Waals surface area contributed by atoms with Gasteiger partial charge in [-0.3, -0.25) is 9.52 Å². The Morgan fingerprint density at radius 1 is 1.35 bits per heavy atom. The quantitative estimate of drug-likeness (QED) is 0.590. The second kappa shape index (κ2) is 6.99. The Hall–Kier alpha value is -1.20. The average molecular weight is 295 g/mol. The molecule has 0 heterocycles. The molecule has 0 radical (unpaired) electrons. The van der Waals surface area contributed by atoms with E-state index in [2.05, 4.69) is 4.72 Å². The number of esters is 1. The number of hydrogen-bond donors (Lipinski definition) is 1. The van der Waals surface area contributed by atoms with Gasteiger partial charge in [-0.25, -0.2) is 0 Å². The van der Waals surface area contributed by atoms with Crippen molar-refractivity contribution in [3.05, 3.63) is 29.8 Å². The van der Waals surface area contributed by atoms with Gasteiger partial charge in [-0.15, -0.1) is 0 Å². The fourth-order valence-electron chi connectivity index (χ4n) is 1.79. The third-order valence-corrected chi connectivity index (χ3v) is 4.47. The highest BCUT2D eigenvalue weighted by molar-refractivity contribution is 7.99. The van der Waals surface area contributed by atoms with Crippen LogP contribution >= 0.6 is 11.9 Å². The van der Waals surface area contributed by atoms with E-state index in [0.29, 0.717) is 6.61 Å². The first kappa shape index (κ1) is 15.2. The summed E-state index contributed by atoms with van der Waals surface area (Å²) < 4.78 is 13.3. The van der Waals surface area contributed by atoms with Crippen LogP contribution in [0.15, 0.2) is 24.3 Å². The first-order valence-corrected chi connectivity index (χ1v) is 7.73. The number of carbonyl (C=O) groups excluding carboxylic acids is 1. The van der Waals surface area contributed by atoms with Crippen LogP contribution in [0.4, 0.5) is 0 Å². The van der Waals surface area contributed by atoms with Gasteiger partial charge in [-0.2, -0.15) is 0 Å². The SMILES string of the molecule is CCCOC(=O)C1(SNCc2ccc(OC)cc2)CC1. The van der Waals surface area contributed by atoms with Gasteiger partial charge in [0.15, 0.2) is 0 Å². The molecular weight excluding hydrogens is 274 g/mol. The first-order chi connectivity index (χ1) is 9.70. The molecule has 4 nitrogen and oxygen atoms in total. The second-order valence-electron chi connectivity index (χ2n) is 4.90. The summed E-state index contributed by atoms with van der Waals surface area (Å²) in [7, 11) is 1.65. The molecule has 1 saturated carbocycles. The number of methoxy groups -OCH3 is 1. The van der Waals surface area contributed by atoms with E-state index in [-0.39, 0.29) is 10.7 Å². The normalized spacial score (nSPS) is 15.7. The van der Waals surface area contributed by atoms with Crippen LogP contribution in [-0.4, -0.2) is 24.4 Å². The van der Waals surface area contributed by atoms with Crippen molar-refractivity contribution in [3.8, 4) is 5.75 Å². The van der Waals surface area contributed by atoms with Gasteiger partial charge in [-0.1, -0.05) is 31.0 Å². The Morgan fingerprint density at radius 2 is 2.05 bits per heavy atom. The van der Waals surface area contributed by atoms with Crippen molar-refractivity contribution < 1.29 is 14.3 Å². The minimum Gasteiger partial charge on any atom is -0.497 e. The molecule has 0 spiro atoms. The highest BCUT2D eigenvalue weighted by atomic mass is 32.2. The minimum absolute atomic E-state index is 0.0772. The number of carbonyl (C=O) groups is 1. The van der Waals surface area contributed by atoms with Crippen molar-refractivity contribution in [2.75, 3.05) is 13.7 Å². The molecule has 20 heavy (non-hydrogen) atoms. The van der Waals surface area contributed by atoms with E-state index in [1.165, 1.54) is 11.9 Å². The van der Waals surface area contributed by atoms with Crippen LogP contribution in [0.2, 0.25) is 0 Å². The molecule has 1 aromatic rings. The summed E-state index contributed by atoms with van der Waals surface area (Å²) in [6, 6.07) is 7.90. The molecule has 1 N–H and O–H groups in total. The van der Waals surface area contributed by atoms with Gasteiger partial charge in [0, 0.05) is 6.54 Å². The van der Waals surface area contributed by atoms with Crippen LogP contribution in [0.5, 0.6) is 5.75 Å². The topological polar surface area (TPSA) is 47.6 Å². The summed E-state index contributed by atoms with van der Waals surface area (Å²) in [4.78, 5) is 11.9. The fourth-order valence-corrected chi connectivity index (χ4v) is 2.75. The predicted octanol–water partition coefficient (Wildman–Crippen LogP) is 2.92. The van der Waals surface area contributed by atoms with E-state index in [0.717, 1.165) is 37.1 Å². The summed E-state index contributed by atoms with van der Waals surface area (Å²) in [6.45, 7) is 3.24. The van der Waals surface area contributed by atoms with E-state index in [1.54, 1.807) is 7.11 Å². The Bertz CT molecular complexity index is 443. The van der Waals surface area contributed by atoms with Crippen molar-refractivity contribution in [3.63, 3.8) is 0 Å². The summed E-state index contributed by atoms with van der Waals surface area (Å²) >= 11 is 1.50. The highest BCUT2D eigenvalue weighted by Gasteiger charge is 2.52. The van der Waals surface area contributed by atoms with E-state index < -0.39 is 0 Å². The molecular formula is C15H21NO3S. The number of nitrogens with one attached hydrogen (secondary N) is 1. The molecule has 0 unspecified atom stereocenters. The third-order valence-electron chi connectivity index (χ3n) is 3.22. The van der Waals surface area contributed by atoms with Gasteiger partial charge in [0.05, 0.1) is 13.7 Å². The Labute approximate surface area is 124 Å². The van der Waals surface area contributed by atoms with Crippen LogP contribution in [0, 0.1) is 0 Å². The van der Waals surface area contributed by atoms with Crippen molar-refractivity contribution >= 4 is 17.9 Å². The Balaban J connectivity index is 1.76. The maximum Gasteiger partial charge on any atom is 0.323 e. The van der Waals surface area contributed by atoms with Crippen LogP contribution in [0.1, 0.15) is 31.7 Å². The molecule has 0 bridgehead atoms. The maximum atomic E-state index is 11.9. The van der Waals surface area contributed by atoms with Gasteiger partial charge in [0.1, 0.15) is 10.5 Å². The average Bonchev–Trinajstić information content (AvgIpc) is 3.26. The second-order valence-corrected chi connectivity index (χ2v) is 6.18. The van der Waals surface area contributed by atoms with Crippen LogP contribution in [-0.2, 0) is 16.1 Å². The van der Waals surface area contributed by atoms with Crippen LogP contribution in [0.3, 0.4) is 0 Å². The number of ether oxygens (including phenoxy) is 2. The summed E-state index contributed by atoms with van der Waals surface area (Å²) in [5, 5.41) is 0. The van der Waals surface area contributed by atoms with Gasteiger partial charge in [0.25, 0.3) is 0 Å². The molecule has 0 aromatic heterocycles. The lowest BCUT2D eigenvalue weighted by atomic mass is 10.2. The van der Waals surface area contributed by atoms with Crippen LogP contribution in [0.25, 0.3) is 0 Å². The molecule has 1 aliphatic carbocycles. The van der Waals surface area contributed by atoms with Gasteiger partial charge in [0.2, 0.25) is 0 Å². The molecule has 2 rings (SSSR count). The lowest BCUT2D eigenvalue weighted by Gasteiger charge is -2.14. The van der Waals surface area contributed by atoms with Crippen molar-refractivity contribution in [2.24, 2.45) is 0 Å². The van der Waals surface area contributed by atoms with Gasteiger partial charge < -0.3 is 9.47 Å². The van der Waals surface area contributed by atoms with Gasteiger partial charge >= 0.3 is 5.97 Å². The zero-order chi connectivity index (χ0) is 14.4. The van der Waals surface area contributed by atoms with Crippen molar-refractivity contribution in [2.45, 2.75) is 37.5 Å². The lowest BCUT2D eigenvalue weighted by molar-refractivity contribution is -0.143. The number of hydrogen-bond acceptors (Lipinski definition) is 5. The standard InChI is InChI=1S/C15H21NO3S/c1-3-10-19-14(17)15(8-9-15)20-16-11-12-4-6-13(18-2)7-5-12/h4-7,16H,3,8-11H2,1-2H3. The van der Waals surface area contributed by atoms with E-state index in [9.17, 15) is 4.79 Å². The molecule has 0 atom stereocenters. The molecule has 0 amide bonds. The van der Waals surface area contributed by atoms with Crippen molar-refractivity contribution in [1.29, 1.82) is 0 Å². The molecule has 0 aliphatic heterocycles. The summed E-state index contributed by atoms with van der Waals surface area (Å²) in [5.41, 5.74) is 1.16. The molecule has 1 aliphatic rings. The molecule has 110 valence electrons. The number of rotatable bonds is 8. The zero-order valence-electron chi connectivity index (χ0n) is 12.0. The Kier molecular flexibility index (Phi) is 5.31.